The highest BCUT2D eigenvalue weighted by Crippen LogP contribution is 2.43. The maximum Gasteiger partial charge on any atom is 0.410 e. The average Bonchev–Trinajstić information content (AvgIpc) is 4.22. The molecule has 0 unspecified atom stereocenters. The van der Waals surface area contributed by atoms with Gasteiger partial charge in [-0.05, 0) is 122 Å². The zero-order valence-corrected chi connectivity index (χ0v) is 44.5. The molecule has 2 saturated carbocycles. The summed E-state index contributed by atoms with van der Waals surface area (Å²) < 4.78 is 22.9. The number of nitrogens with one attached hydrogen (secondary N) is 3. The number of hydrogen-bond donors (Lipinski definition) is 3. The van der Waals surface area contributed by atoms with Crippen molar-refractivity contribution < 1.29 is 28.6 Å². The van der Waals surface area contributed by atoms with Crippen molar-refractivity contribution in [2.24, 2.45) is 11.8 Å². The van der Waals surface area contributed by atoms with Gasteiger partial charge in [0.2, 0.25) is 23.6 Å². The van der Waals surface area contributed by atoms with Gasteiger partial charge in [0.15, 0.2) is 0 Å². The highest BCUT2D eigenvalue weighted by Gasteiger charge is 2.34. The van der Waals surface area contributed by atoms with Crippen LogP contribution in [0.15, 0.2) is 61.2 Å². The van der Waals surface area contributed by atoms with E-state index in [4.69, 9.17) is 34.1 Å². The van der Waals surface area contributed by atoms with E-state index >= 15 is 0 Å². The van der Waals surface area contributed by atoms with Gasteiger partial charge in [0.1, 0.15) is 28.8 Å². The summed E-state index contributed by atoms with van der Waals surface area (Å²) in [7, 11) is 0. The minimum Gasteiger partial charge on any atom is -0.473 e. The smallest absolute Gasteiger partial charge is 0.410 e. The Balaban J connectivity index is 0.000000163. The van der Waals surface area contributed by atoms with E-state index in [1.54, 1.807) is 4.90 Å². The molecule has 8 heterocycles. The number of anilines is 2. The number of amides is 3. The molecule has 3 amide bonds. The maximum atomic E-state index is 12.5. The third-order valence-corrected chi connectivity index (χ3v) is 15.6. The van der Waals surface area contributed by atoms with Crippen LogP contribution in [-0.4, -0.2) is 135 Å². The second-order valence-corrected chi connectivity index (χ2v) is 22.5. The van der Waals surface area contributed by atoms with Crippen molar-refractivity contribution in [1.29, 1.82) is 0 Å². The van der Waals surface area contributed by atoms with Gasteiger partial charge in [-0.1, -0.05) is 12.1 Å². The van der Waals surface area contributed by atoms with Gasteiger partial charge in [-0.25, -0.2) is 24.7 Å². The summed E-state index contributed by atoms with van der Waals surface area (Å²) in [5, 5.41) is 9.25. The first-order chi connectivity index (χ1) is 36.1. The Morgan fingerprint density at radius 1 is 0.640 bits per heavy atom. The number of aromatic nitrogens is 6. The first-order valence-corrected chi connectivity index (χ1v) is 27.1. The molecule has 75 heavy (non-hydrogen) atoms. The Bertz CT molecular complexity index is 3100. The van der Waals surface area contributed by atoms with E-state index in [1.807, 2.05) is 53.3 Å². The molecule has 4 saturated heterocycles. The monoisotopic (exact) mass is 1020 g/mol. The second-order valence-electron chi connectivity index (χ2n) is 22.5. The van der Waals surface area contributed by atoms with Crippen molar-refractivity contribution in [3.8, 4) is 34.3 Å². The van der Waals surface area contributed by atoms with Crippen molar-refractivity contribution in [3.05, 3.63) is 72.3 Å². The van der Waals surface area contributed by atoms with Crippen LogP contribution >= 0.6 is 0 Å². The molecule has 6 aliphatic rings. The zero-order chi connectivity index (χ0) is 52.1. The van der Waals surface area contributed by atoms with E-state index in [9.17, 15) is 14.4 Å². The summed E-state index contributed by atoms with van der Waals surface area (Å²) in [6.45, 7) is 22.1. The Morgan fingerprint density at radius 2 is 1.09 bits per heavy atom. The summed E-state index contributed by atoms with van der Waals surface area (Å²) in [6.07, 6.45) is 8.85. The fourth-order valence-electron chi connectivity index (χ4n) is 10.9. The molecule has 4 atom stereocenters. The number of carbonyl (C=O) groups is 3. The molecule has 0 spiro atoms. The minimum atomic E-state index is -0.497. The van der Waals surface area contributed by atoms with Gasteiger partial charge < -0.3 is 54.0 Å². The molecular formula is C57H72N12O6. The van der Waals surface area contributed by atoms with E-state index in [0.717, 1.165) is 121 Å². The van der Waals surface area contributed by atoms with Gasteiger partial charge in [0, 0.05) is 125 Å². The van der Waals surface area contributed by atoms with Crippen molar-refractivity contribution in [2.75, 3.05) is 75.2 Å². The first kappa shape index (κ1) is 50.2. The van der Waals surface area contributed by atoms with Crippen LogP contribution in [0.1, 0.15) is 96.4 Å². The molecule has 18 heteroatoms. The van der Waals surface area contributed by atoms with Crippen LogP contribution in [0.2, 0.25) is 0 Å². The molecule has 2 aliphatic carbocycles. The quantitative estimate of drug-likeness (QED) is 0.108. The molecule has 6 fully saturated rings. The largest absolute Gasteiger partial charge is 0.473 e. The summed E-state index contributed by atoms with van der Waals surface area (Å²) in [4.78, 5) is 62.1. The fourth-order valence-corrected chi connectivity index (χ4v) is 10.9. The Hall–Kier alpha value is -6.95. The number of piperazine rings is 2. The normalized spacial score (nSPS) is 20.9. The number of pyridine rings is 2. The Labute approximate surface area is 438 Å². The number of benzene rings is 2. The van der Waals surface area contributed by atoms with E-state index in [1.165, 1.54) is 11.3 Å². The summed E-state index contributed by atoms with van der Waals surface area (Å²) in [5.41, 5.74) is 11.7. The summed E-state index contributed by atoms with van der Waals surface area (Å²) in [6, 6.07) is 18.0. The third kappa shape index (κ3) is 11.1. The van der Waals surface area contributed by atoms with Gasteiger partial charge >= 0.3 is 6.09 Å². The van der Waals surface area contributed by atoms with Gasteiger partial charge in [0.05, 0.1) is 35.1 Å². The lowest BCUT2D eigenvalue weighted by Gasteiger charge is -2.37. The second kappa shape index (κ2) is 20.6. The predicted octanol–water partition coefficient (Wildman–Crippen LogP) is 7.76. The summed E-state index contributed by atoms with van der Waals surface area (Å²) in [5.74, 6) is 1.61. The standard InChI is InChI=1S/C31H40N6O4.C26H32N6O2/c1-19-14-21(6-9-26(19)35-10-12-36(13-11-35)30(39)41-31(3,4)5)24-16-25-28(37(18-33-25)23-7-8-23)29(34-24)40-20(2)22-15-27(38)32-17-22;1-16-11-18(3-6-23(16)31-9-7-27-8-10-31)21-13-22-25(32(15-29-22)20-4-5-20)26(30-21)34-17(2)19-12-24(33)28-14-19/h6,9,14,16,18,20,22-23H,7-8,10-13,15,17H2,1-5H3,(H,32,38);3,6,11,13,15,17,19-20,27H,4-5,7-10,12,14H2,1-2H3,(H,28,33)/t20-,22-;17-,19-/m11/s1. The number of imidazole rings is 2. The lowest BCUT2D eigenvalue weighted by Crippen LogP contribution is -2.50. The van der Waals surface area contributed by atoms with Gasteiger partial charge in [-0.3, -0.25) is 9.59 Å². The highest BCUT2D eigenvalue weighted by atomic mass is 16.6. The summed E-state index contributed by atoms with van der Waals surface area (Å²) >= 11 is 0. The molecule has 0 radical (unpaired) electrons. The SMILES string of the molecule is Cc1cc(-c2cc3ncn(C4CC4)c3c(O[C@H](C)[C@H]3CNC(=O)C3)n2)ccc1N1CCN(C(=O)OC(C)(C)C)CC1.Cc1cc(-c2cc3ncn(C4CC4)c3c(O[C@H](C)[C@H]3CNC(=O)C3)n2)ccc1N1CCNCC1. The number of fused-ring (bicyclic) bond motifs is 2. The van der Waals surface area contributed by atoms with Crippen LogP contribution in [0, 0.1) is 25.7 Å². The van der Waals surface area contributed by atoms with Crippen molar-refractivity contribution in [2.45, 2.75) is 117 Å². The molecule has 12 rings (SSSR count). The average molecular weight is 1020 g/mol. The lowest BCUT2D eigenvalue weighted by atomic mass is 10.0. The van der Waals surface area contributed by atoms with Crippen LogP contribution in [0.5, 0.6) is 11.8 Å². The molecular weight excluding hydrogens is 949 g/mol. The number of aryl methyl sites for hydroxylation is 2. The number of carbonyl (C=O) groups excluding carboxylic acids is 3. The van der Waals surface area contributed by atoms with Gasteiger partial charge in [-0.2, -0.15) is 0 Å². The molecule has 2 aromatic carbocycles. The third-order valence-electron chi connectivity index (χ3n) is 15.6. The van der Waals surface area contributed by atoms with Crippen LogP contribution in [0.25, 0.3) is 44.6 Å². The Kier molecular flexibility index (Phi) is 13.8. The number of hydrogen-bond acceptors (Lipinski definition) is 13. The molecule has 18 nitrogen and oxygen atoms in total. The molecule has 396 valence electrons. The van der Waals surface area contributed by atoms with Crippen LogP contribution in [0.3, 0.4) is 0 Å². The van der Waals surface area contributed by atoms with Gasteiger partial charge in [0.25, 0.3) is 0 Å². The van der Waals surface area contributed by atoms with Crippen molar-refractivity contribution >= 4 is 51.3 Å². The van der Waals surface area contributed by atoms with E-state index in [-0.39, 0.29) is 42.0 Å². The number of ether oxygens (including phenoxy) is 3. The highest BCUT2D eigenvalue weighted by molar-refractivity contribution is 5.87. The van der Waals surface area contributed by atoms with Crippen LogP contribution < -0.4 is 35.2 Å². The van der Waals surface area contributed by atoms with E-state index in [2.05, 4.69) is 91.2 Å². The van der Waals surface area contributed by atoms with Gasteiger partial charge in [-0.15, -0.1) is 0 Å². The topological polar surface area (TPSA) is 186 Å². The lowest BCUT2D eigenvalue weighted by molar-refractivity contribution is -0.120. The maximum absolute atomic E-state index is 12.5. The van der Waals surface area contributed by atoms with E-state index < -0.39 is 5.60 Å². The molecule has 3 N–H and O–H groups in total. The van der Waals surface area contributed by atoms with Crippen molar-refractivity contribution in [1.82, 2.24) is 49.9 Å². The molecule has 6 aromatic rings. The fraction of sp³-hybridized carbons (Fsp3) is 0.526. The Morgan fingerprint density at radius 3 is 1.49 bits per heavy atom. The molecule has 4 aliphatic heterocycles. The first-order valence-electron chi connectivity index (χ1n) is 27.1. The molecule has 0 bridgehead atoms. The molecule has 4 aromatic heterocycles. The number of nitrogens with zero attached hydrogens (tertiary/aromatic N) is 9. The van der Waals surface area contributed by atoms with Crippen LogP contribution in [0.4, 0.5) is 16.2 Å². The van der Waals surface area contributed by atoms with E-state index in [0.29, 0.717) is 62.9 Å². The minimum absolute atomic E-state index is 0.0714. The van der Waals surface area contributed by atoms with Crippen LogP contribution in [-0.2, 0) is 14.3 Å². The number of rotatable bonds is 12. The predicted molar refractivity (Wildman–Crippen MR) is 289 cm³/mol. The zero-order valence-electron chi connectivity index (χ0n) is 44.5. The van der Waals surface area contributed by atoms with Crippen molar-refractivity contribution in [3.63, 3.8) is 0 Å².